The van der Waals surface area contributed by atoms with E-state index in [0.29, 0.717) is 5.56 Å². The summed E-state index contributed by atoms with van der Waals surface area (Å²) in [4.78, 5) is 0. The second-order valence-electron chi connectivity index (χ2n) is 4.48. The van der Waals surface area contributed by atoms with Crippen LogP contribution in [0.1, 0.15) is 30.5 Å². The summed E-state index contributed by atoms with van der Waals surface area (Å²) < 4.78 is 28.9. The molecule has 5 heteroatoms. The number of nitrogens with zero attached hydrogens (tertiary/aromatic N) is 2. The lowest BCUT2D eigenvalue weighted by Gasteiger charge is -2.18. The lowest BCUT2D eigenvalue weighted by Crippen LogP contribution is -2.24. The smallest absolute Gasteiger partial charge is 0.163 e. The largest absolute Gasteiger partial charge is 0.306 e. The van der Waals surface area contributed by atoms with Crippen molar-refractivity contribution in [3.05, 3.63) is 53.4 Å². The predicted molar refractivity (Wildman–Crippen MR) is 69.7 cm³/mol. The molecule has 0 aliphatic heterocycles. The van der Waals surface area contributed by atoms with E-state index < -0.39 is 11.6 Å². The summed E-state index contributed by atoms with van der Waals surface area (Å²) in [6.45, 7) is 2.74. The fourth-order valence-corrected chi connectivity index (χ4v) is 2.03. The van der Waals surface area contributed by atoms with Gasteiger partial charge in [-0.2, -0.15) is 5.10 Å². The minimum atomic E-state index is -0.829. The molecule has 1 atom stereocenters. The van der Waals surface area contributed by atoms with Crippen molar-refractivity contribution in [1.82, 2.24) is 15.1 Å². The molecule has 0 spiro atoms. The number of aryl methyl sites for hydroxylation is 1. The Morgan fingerprint density at radius 3 is 2.79 bits per heavy atom. The van der Waals surface area contributed by atoms with Crippen molar-refractivity contribution in [2.45, 2.75) is 19.4 Å². The van der Waals surface area contributed by atoms with Crippen molar-refractivity contribution in [3.8, 4) is 0 Å². The fraction of sp³-hybridized carbons (Fsp3) is 0.357. The first-order valence-electron chi connectivity index (χ1n) is 6.29. The number of halogens is 2. The molecule has 0 amide bonds. The zero-order valence-corrected chi connectivity index (χ0v) is 11.0. The molecule has 1 unspecified atom stereocenters. The van der Waals surface area contributed by atoms with E-state index in [0.717, 1.165) is 24.6 Å². The molecule has 0 saturated heterocycles. The van der Waals surface area contributed by atoms with Crippen LogP contribution in [-0.4, -0.2) is 16.3 Å². The number of rotatable bonds is 5. The molecule has 0 radical (unpaired) electrons. The van der Waals surface area contributed by atoms with E-state index in [1.54, 1.807) is 30.2 Å². The zero-order chi connectivity index (χ0) is 13.8. The van der Waals surface area contributed by atoms with Crippen LogP contribution in [0.15, 0.2) is 30.6 Å². The van der Waals surface area contributed by atoms with Crippen LogP contribution in [0.25, 0.3) is 0 Å². The van der Waals surface area contributed by atoms with Gasteiger partial charge < -0.3 is 5.32 Å². The molecular formula is C14H17F2N3. The van der Waals surface area contributed by atoms with E-state index in [4.69, 9.17) is 0 Å². The maximum Gasteiger partial charge on any atom is 0.163 e. The van der Waals surface area contributed by atoms with Crippen molar-refractivity contribution in [3.63, 3.8) is 0 Å². The molecule has 19 heavy (non-hydrogen) atoms. The summed E-state index contributed by atoms with van der Waals surface area (Å²) in [6.07, 6.45) is 4.38. The van der Waals surface area contributed by atoms with Gasteiger partial charge >= 0.3 is 0 Å². The highest BCUT2D eigenvalue weighted by molar-refractivity contribution is 5.31. The molecule has 0 aliphatic carbocycles. The third kappa shape index (κ3) is 2.98. The summed E-state index contributed by atoms with van der Waals surface area (Å²) in [5.41, 5.74) is 1.13. The average Bonchev–Trinajstić information content (AvgIpc) is 2.81. The number of hydrogen-bond donors (Lipinski definition) is 1. The van der Waals surface area contributed by atoms with Gasteiger partial charge in [0.05, 0.1) is 12.2 Å². The molecule has 2 aromatic rings. The second-order valence-corrected chi connectivity index (χ2v) is 4.48. The summed E-state index contributed by atoms with van der Waals surface area (Å²) in [6, 6.07) is 3.85. The van der Waals surface area contributed by atoms with Gasteiger partial charge in [-0.15, -0.1) is 0 Å². The molecule has 1 N–H and O–H groups in total. The van der Waals surface area contributed by atoms with Crippen LogP contribution in [0.2, 0.25) is 0 Å². The Kier molecular flexibility index (Phi) is 4.27. The van der Waals surface area contributed by atoms with Crippen LogP contribution in [0.3, 0.4) is 0 Å². The Labute approximate surface area is 111 Å². The quantitative estimate of drug-likeness (QED) is 0.901. The summed E-state index contributed by atoms with van der Waals surface area (Å²) in [5.74, 6) is -1.63. The Morgan fingerprint density at radius 2 is 2.16 bits per heavy atom. The van der Waals surface area contributed by atoms with Crippen molar-refractivity contribution in [2.75, 3.05) is 6.54 Å². The maximum atomic E-state index is 13.9. The maximum absolute atomic E-state index is 13.9. The monoisotopic (exact) mass is 265 g/mol. The number of benzene rings is 1. The third-order valence-electron chi connectivity index (χ3n) is 2.95. The lowest BCUT2D eigenvalue weighted by atomic mass is 10.0. The molecule has 1 aromatic heterocycles. The Morgan fingerprint density at radius 1 is 1.37 bits per heavy atom. The number of hydrogen-bond acceptors (Lipinski definition) is 2. The van der Waals surface area contributed by atoms with Crippen molar-refractivity contribution in [2.24, 2.45) is 7.05 Å². The van der Waals surface area contributed by atoms with Gasteiger partial charge in [0.15, 0.2) is 11.6 Å². The first-order chi connectivity index (χ1) is 9.13. The van der Waals surface area contributed by atoms with Gasteiger partial charge in [-0.05, 0) is 19.0 Å². The van der Waals surface area contributed by atoms with Crippen LogP contribution in [-0.2, 0) is 7.05 Å². The molecule has 102 valence electrons. The van der Waals surface area contributed by atoms with E-state index in [1.807, 2.05) is 6.92 Å². The van der Waals surface area contributed by atoms with E-state index in [2.05, 4.69) is 10.4 Å². The SMILES string of the molecule is CCCNC(c1cnn(C)c1)c1cccc(F)c1F. The molecular weight excluding hydrogens is 248 g/mol. The number of nitrogens with one attached hydrogen (secondary N) is 1. The predicted octanol–water partition coefficient (Wildman–Crippen LogP) is 2.79. The standard InChI is InChI=1S/C14H17F2N3/c1-3-7-17-14(10-8-18-19(2)9-10)11-5-4-6-12(15)13(11)16/h4-6,8-9,14,17H,3,7H2,1-2H3. The van der Waals surface area contributed by atoms with Crippen LogP contribution in [0.5, 0.6) is 0 Å². The van der Waals surface area contributed by atoms with Gasteiger partial charge in [-0.1, -0.05) is 19.1 Å². The topological polar surface area (TPSA) is 29.9 Å². The summed E-state index contributed by atoms with van der Waals surface area (Å²) in [5, 5.41) is 7.31. The second kappa shape index (κ2) is 5.93. The number of aromatic nitrogens is 2. The van der Waals surface area contributed by atoms with E-state index in [9.17, 15) is 8.78 Å². The van der Waals surface area contributed by atoms with Crippen molar-refractivity contribution >= 4 is 0 Å². The minimum absolute atomic E-state index is 0.307. The van der Waals surface area contributed by atoms with Crippen LogP contribution >= 0.6 is 0 Å². The van der Waals surface area contributed by atoms with Gasteiger partial charge in [-0.3, -0.25) is 4.68 Å². The van der Waals surface area contributed by atoms with Crippen LogP contribution < -0.4 is 5.32 Å². The summed E-state index contributed by atoms with van der Waals surface area (Å²) >= 11 is 0. The third-order valence-corrected chi connectivity index (χ3v) is 2.95. The van der Waals surface area contributed by atoms with E-state index in [-0.39, 0.29) is 6.04 Å². The molecule has 1 aromatic carbocycles. The molecule has 1 heterocycles. The normalized spacial score (nSPS) is 12.6. The molecule has 0 fully saturated rings. The highest BCUT2D eigenvalue weighted by Gasteiger charge is 2.20. The Bertz CT molecular complexity index is 551. The van der Waals surface area contributed by atoms with Crippen molar-refractivity contribution in [1.29, 1.82) is 0 Å². The highest BCUT2D eigenvalue weighted by atomic mass is 19.2. The van der Waals surface area contributed by atoms with Crippen LogP contribution in [0.4, 0.5) is 8.78 Å². The summed E-state index contributed by atoms with van der Waals surface area (Å²) in [7, 11) is 1.79. The molecule has 0 aliphatic rings. The van der Waals surface area contributed by atoms with E-state index >= 15 is 0 Å². The average molecular weight is 265 g/mol. The van der Waals surface area contributed by atoms with Gasteiger partial charge in [-0.25, -0.2) is 8.78 Å². The lowest BCUT2D eigenvalue weighted by molar-refractivity contribution is 0.480. The first-order valence-corrected chi connectivity index (χ1v) is 6.29. The Hall–Kier alpha value is -1.75. The fourth-order valence-electron chi connectivity index (χ4n) is 2.03. The molecule has 2 rings (SSSR count). The van der Waals surface area contributed by atoms with Gasteiger partial charge in [0, 0.05) is 24.4 Å². The highest BCUT2D eigenvalue weighted by Crippen LogP contribution is 2.25. The molecule has 3 nitrogen and oxygen atoms in total. The van der Waals surface area contributed by atoms with Gasteiger partial charge in [0.1, 0.15) is 0 Å². The minimum Gasteiger partial charge on any atom is -0.306 e. The van der Waals surface area contributed by atoms with Crippen LogP contribution in [0, 0.1) is 11.6 Å². The van der Waals surface area contributed by atoms with Gasteiger partial charge in [0.2, 0.25) is 0 Å². The van der Waals surface area contributed by atoms with Crippen molar-refractivity contribution < 1.29 is 8.78 Å². The zero-order valence-electron chi connectivity index (χ0n) is 11.0. The Balaban J connectivity index is 2.39. The first kappa shape index (κ1) is 13.7. The molecule has 0 bridgehead atoms. The molecule has 0 saturated carbocycles. The van der Waals surface area contributed by atoms with Gasteiger partial charge in [0.25, 0.3) is 0 Å². The van der Waals surface area contributed by atoms with E-state index in [1.165, 1.54) is 6.07 Å².